The van der Waals surface area contributed by atoms with Crippen molar-refractivity contribution in [2.24, 2.45) is 0 Å². The maximum Gasteiger partial charge on any atom is 0.123 e. The number of aromatic nitrogens is 1. The minimum atomic E-state index is -0.237. The van der Waals surface area contributed by atoms with Crippen LogP contribution in [-0.4, -0.2) is 4.98 Å². The van der Waals surface area contributed by atoms with Crippen LogP contribution < -0.4 is 11.1 Å². The highest BCUT2D eigenvalue weighted by Gasteiger charge is 1.95. The third-order valence-corrected chi connectivity index (χ3v) is 2.19. The molecule has 0 aliphatic rings. The van der Waals surface area contributed by atoms with E-state index in [0.29, 0.717) is 12.4 Å². The van der Waals surface area contributed by atoms with E-state index in [-0.39, 0.29) is 5.82 Å². The van der Waals surface area contributed by atoms with Gasteiger partial charge in [0.15, 0.2) is 0 Å². The molecule has 0 spiro atoms. The van der Waals surface area contributed by atoms with E-state index in [2.05, 4.69) is 10.3 Å². The number of pyridine rings is 1. The molecule has 0 fully saturated rings. The van der Waals surface area contributed by atoms with E-state index in [1.54, 1.807) is 24.4 Å². The lowest BCUT2D eigenvalue weighted by Gasteiger charge is -2.06. The quantitative estimate of drug-likeness (QED) is 0.830. The van der Waals surface area contributed by atoms with Gasteiger partial charge in [-0.25, -0.2) is 9.37 Å². The second-order valence-corrected chi connectivity index (χ2v) is 3.45. The van der Waals surface area contributed by atoms with Crippen LogP contribution in [0.25, 0.3) is 0 Å². The minimum Gasteiger partial charge on any atom is -0.384 e. The lowest BCUT2D eigenvalue weighted by atomic mass is 10.2. The first-order chi connectivity index (χ1) is 7.74. The van der Waals surface area contributed by atoms with Crippen LogP contribution in [0.1, 0.15) is 5.56 Å². The van der Waals surface area contributed by atoms with E-state index in [1.165, 1.54) is 12.1 Å². The third kappa shape index (κ3) is 2.70. The van der Waals surface area contributed by atoms with E-state index < -0.39 is 0 Å². The van der Waals surface area contributed by atoms with Gasteiger partial charge in [0, 0.05) is 18.4 Å². The van der Waals surface area contributed by atoms with Gasteiger partial charge >= 0.3 is 0 Å². The number of halogens is 1. The lowest BCUT2D eigenvalue weighted by molar-refractivity contribution is 0.628. The molecule has 0 bridgehead atoms. The van der Waals surface area contributed by atoms with Gasteiger partial charge in [0.2, 0.25) is 0 Å². The normalized spacial score (nSPS) is 10.1. The fourth-order valence-corrected chi connectivity index (χ4v) is 1.38. The molecule has 0 radical (unpaired) electrons. The zero-order chi connectivity index (χ0) is 11.4. The maximum absolute atomic E-state index is 12.7. The van der Waals surface area contributed by atoms with Gasteiger partial charge in [-0.2, -0.15) is 0 Å². The first-order valence-electron chi connectivity index (χ1n) is 4.94. The smallest absolute Gasteiger partial charge is 0.123 e. The molecule has 16 heavy (non-hydrogen) atoms. The molecule has 1 aromatic carbocycles. The Bertz CT molecular complexity index is 468. The van der Waals surface area contributed by atoms with Gasteiger partial charge < -0.3 is 11.1 Å². The molecule has 0 aliphatic carbocycles. The van der Waals surface area contributed by atoms with Crippen molar-refractivity contribution >= 4 is 11.5 Å². The Morgan fingerprint density at radius 2 is 1.94 bits per heavy atom. The summed E-state index contributed by atoms with van der Waals surface area (Å²) in [7, 11) is 0. The molecule has 0 unspecified atom stereocenters. The summed E-state index contributed by atoms with van der Waals surface area (Å²) in [5, 5.41) is 3.17. The van der Waals surface area contributed by atoms with Gasteiger partial charge in [0.25, 0.3) is 0 Å². The lowest BCUT2D eigenvalue weighted by Crippen LogP contribution is -2.00. The fraction of sp³-hybridized carbons (Fsp3) is 0.0833. The van der Waals surface area contributed by atoms with E-state index in [1.807, 2.05) is 6.07 Å². The van der Waals surface area contributed by atoms with E-state index in [4.69, 9.17) is 5.73 Å². The second kappa shape index (κ2) is 4.61. The molecule has 1 aromatic heterocycles. The number of rotatable bonds is 3. The first-order valence-corrected chi connectivity index (χ1v) is 4.94. The Balaban J connectivity index is 1.99. The molecule has 3 nitrogen and oxygen atoms in total. The number of nitrogens with two attached hydrogens (primary N) is 1. The van der Waals surface area contributed by atoms with Gasteiger partial charge in [-0.05, 0) is 42.0 Å². The average molecular weight is 217 g/mol. The number of benzene rings is 1. The van der Waals surface area contributed by atoms with Crippen LogP contribution in [0.4, 0.5) is 15.9 Å². The fourth-order valence-electron chi connectivity index (χ4n) is 1.38. The summed E-state index contributed by atoms with van der Waals surface area (Å²) in [5.41, 5.74) is 7.47. The van der Waals surface area contributed by atoms with Crippen molar-refractivity contribution in [3.63, 3.8) is 0 Å². The molecule has 0 saturated carbocycles. The summed E-state index contributed by atoms with van der Waals surface area (Å²) < 4.78 is 12.7. The van der Waals surface area contributed by atoms with Crippen LogP contribution in [0.5, 0.6) is 0 Å². The largest absolute Gasteiger partial charge is 0.384 e. The first kappa shape index (κ1) is 10.4. The van der Waals surface area contributed by atoms with E-state index >= 15 is 0 Å². The number of nitrogens with one attached hydrogen (secondary N) is 1. The molecule has 0 saturated heterocycles. The molecule has 0 atom stereocenters. The summed E-state index contributed by atoms with van der Waals surface area (Å²) >= 11 is 0. The molecule has 4 heteroatoms. The van der Waals surface area contributed by atoms with Crippen molar-refractivity contribution in [1.82, 2.24) is 4.98 Å². The van der Waals surface area contributed by atoms with Crippen LogP contribution >= 0.6 is 0 Å². The number of nitrogen functional groups attached to an aromatic ring is 1. The van der Waals surface area contributed by atoms with Gasteiger partial charge in [0.05, 0.1) is 0 Å². The van der Waals surface area contributed by atoms with Crippen LogP contribution in [0.2, 0.25) is 0 Å². The van der Waals surface area contributed by atoms with Gasteiger partial charge in [0.1, 0.15) is 11.6 Å². The predicted octanol–water partition coefficient (Wildman–Crippen LogP) is 2.42. The van der Waals surface area contributed by atoms with Gasteiger partial charge in [-0.1, -0.05) is 0 Å². The number of nitrogens with zero attached hydrogens (tertiary/aromatic N) is 1. The van der Waals surface area contributed by atoms with Crippen LogP contribution in [0.3, 0.4) is 0 Å². The highest BCUT2D eigenvalue weighted by Crippen LogP contribution is 2.10. The molecule has 82 valence electrons. The van der Waals surface area contributed by atoms with Crippen molar-refractivity contribution in [2.75, 3.05) is 11.1 Å². The summed E-state index contributed by atoms with van der Waals surface area (Å²) in [4.78, 5) is 3.91. The van der Waals surface area contributed by atoms with Gasteiger partial charge in [-0.3, -0.25) is 0 Å². The molecule has 1 heterocycles. The van der Waals surface area contributed by atoms with Crippen molar-refractivity contribution in [3.05, 3.63) is 54.0 Å². The second-order valence-electron chi connectivity index (χ2n) is 3.45. The number of hydrogen-bond donors (Lipinski definition) is 2. The predicted molar refractivity (Wildman–Crippen MR) is 62.4 cm³/mol. The Kier molecular flexibility index (Phi) is 3.00. The van der Waals surface area contributed by atoms with Crippen molar-refractivity contribution in [1.29, 1.82) is 0 Å². The summed E-state index contributed by atoms with van der Waals surface area (Å²) in [6.45, 7) is 0.637. The van der Waals surface area contributed by atoms with E-state index in [0.717, 1.165) is 11.3 Å². The number of anilines is 2. The summed E-state index contributed by atoms with van der Waals surface area (Å²) in [6.07, 6.45) is 1.66. The molecule has 2 rings (SSSR count). The van der Waals surface area contributed by atoms with Crippen LogP contribution in [0.15, 0.2) is 42.6 Å². The average Bonchev–Trinajstić information content (AvgIpc) is 2.28. The Hall–Kier alpha value is -2.10. The highest BCUT2D eigenvalue weighted by molar-refractivity contribution is 5.44. The molecule has 2 aromatic rings. The number of hydrogen-bond acceptors (Lipinski definition) is 3. The van der Waals surface area contributed by atoms with E-state index in [9.17, 15) is 4.39 Å². The Morgan fingerprint density at radius 1 is 1.19 bits per heavy atom. The maximum atomic E-state index is 12.7. The Labute approximate surface area is 93.1 Å². The standard InChI is InChI=1S/C12H12FN3/c13-10-1-3-11(4-2-10)16-8-9-5-6-15-12(14)7-9/h1-7,16H,8H2,(H2,14,15). The molecular formula is C12H12FN3. The SMILES string of the molecule is Nc1cc(CNc2ccc(F)cc2)ccn1. The van der Waals surface area contributed by atoms with Crippen LogP contribution in [0, 0.1) is 5.82 Å². The zero-order valence-electron chi connectivity index (χ0n) is 8.65. The summed E-state index contributed by atoms with van der Waals surface area (Å²) in [6, 6.07) is 9.91. The molecular weight excluding hydrogens is 205 g/mol. The van der Waals surface area contributed by atoms with Crippen molar-refractivity contribution < 1.29 is 4.39 Å². The molecule has 3 N–H and O–H groups in total. The zero-order valence-corrected chi connectivity index (χ0v) is 8.65. The van der Waals surface area contributed by atoms with Crippen molar-refractivity contribution in [3.8, 4) is 0 Å². The van der Waals surface area contributed by atoms with Crippen LogP contribution in [-0.2, 0) is 6.54 Å². The molecule has 0 amide bonds. The van der Waals surface area contributed by atoms with Crippen molar-refractivity contribution in [2.45, 2.75) is 6.54 Å². The van der Waals surface area contributed by atoms with Gasteiger partial charge in [-0.15, -0.1) is 0 Å². The highest BCUT2D eigenvalue weighted by atomic mass is 19.1. The molecule has 0 aliphatic heterocycles. The third-order valence-electron chi connectivity index (χ3n) is 2.19. The minimum absolute atomic E-state index is 0.237. The topological polar surface area (TPSA) is 50.9 Å². The summed E-state index contributed by atoms with van der Waals surface area (Å²) in [5.74, 6) is 0.261. The monoisotopic (exact) mass is 217 g/mol. The Morgan fingerprint density at radius 3 is 2.62 bits per heavy atom.